The molecule has 2 aromatic rings. The molecule has 0 spiro atoms. The van der Waals surface area contributed by atoms with Crippen LogP contribution >= 0.6 is 0 Å². The van der Waals surface area contributed by atoms with E-state index in [1.807, 2.05) is 43.3 Å². The highest BCUT2D eigenvalue weighted by Gasteiger charge is 2.28. The zero-order chi connectivity index (χ0) is 13.7. The van der Waals surface area contributed by atoms with Crippen LogP contribution in [0.25, 0.3) is 0 Å². The maximum atomic E-state index is 6.16. The SMILES string of the molecule is C=C(C)C(C)(OCc1ccccc1)c1ccccc1. The molecule has 1 nitrogen and oxygen atoms in total. The van der Waals surface area contributed by atoms with Crippen molar-refractivity contribution in [1.82, 2.24) is 0 Å². The van der Waals surface area contributed by atoms with E-state index in [0.717, 1.165) is 11.1 Å². The van der Waals surface area contributed by atoms with Crippen LogP contribution in [-0.2, 0) is 16.9 Å². The summed E-state index contributed by atoms with van der Waals surface area (Å²) in [6, 6.07) is 20.5. The van der Waals surface area contributed by atoms with Crippen molar-refractivity contribution in [1.29, 1.82) is 0 Å². The third kappa shape index (κ3) is 3.12. The minimum atomic E-state index is -0.447. The molecule has 0 amide bonds. The van der Waals surface area contributed by atoms with Crippen LogP contribution in [0.3, 0.4) is 0 Å². The van der Waals surface area contributed by atoms with Crippen LogP contribution in [0.5, 0.6) is 0 Å². The molecule has 0 aliphatic rings. The lowest BCUT2D eigenvalue weighted by atomic mass is 9.89. The van der Waals surface area contributed by atoms with E-state index in [1.54, 1.807) is 0 Å². The van der Waals surface area contributed by atoms with Gasteiger partial charge in [0.1, 0.15) is 5.60 Å². The quantitative estimate of drug-likeness (QED) is 0.701. The van der Waals surface area contributed by atoms with Gasteiger partial charge in [0, 0.05) is 0 Å². The smallest absolute Gasteiger partial charge is 0.111 e. The van der Waals surface area contributed by atoms with Crippen molar-refractivity contribution in [3.63, 3.8) is 0 Å². The van der Waals surface area contributed by atoms with E-state index in [-0.39, 0.29) is 0 Å². The summed E-state index contributed by atoms with van der Waals surface area (Å²) < 4.78 is 6.16. The van der Waals surface area contributed by atoms with Crippen molar-refractivity contribution in [2.75, 3.05) is 0 Å². The van der Waals surface area contributed by atoms with Gasteiger partial charge in [-0.2, -0.15) is 0 Å². The maximum absolute atomic E-state index is 6.16. The van der Waals surface area contributed by atoms with Crippen molar-refractivity contribution < 1.29 is 4.74 Å². The molecule has 1 atom stereocenters. The summed E-state index contributed by atoms with van der Waals surface area (Å²) >= 11 is 0. The Morgan fingerprint density at radius 2 is 1.53 bits per heavy atom. The summed E-state index contributed by atoms with van der Waals surface area (Å²) in [7, 11) is 0. The van der Waals surface area contributed by atoms with Gasteiger partial charge in [0.25, 0.3) is 0 Å². The van der Waals surface area contributed by atoms with Crippen LogP contribution in [0, 0.1) is 0 Å². The second kappa shape index (κ2) is 5.85. The third-order valence-electron chi connectivity index (χ3n) is 3.51. The second-order valence-corrected chi connectivity index (χ2v) is 4.95. The standard InChI is InChI=1S/C18H20O/c1-15(2)18(3,17-12-8-5-9-13-17)19-14-16-10-6-4-7-11-16/h4-13H,1,14H2,2-3H3. The highest BCUT2D eigenvalue weighted by atomic mass is 16.5. The Bertz CT molecular complexity index is 530. The van der Waals surface area contributed by atoms with Crippen molar-refractivity contribution in [3.8, 4) is 0 Å². The summed E-state index contributed by atoms with van der Waals surface area (Å²) in [5.74, 6) is 0. The lowest BCUT2D eigenvalue weighted by Gasteiger charge is -2.31. The zero-order valence-corrected chi connectivity index (χ0v) is 11.6. The molecule has 0 aliphatic heterocycles. The highest BCUT2D eigenvalue weighted by molar-refractivity contribution is 5.30. The fraction of sp³-hybridized carbons (Fsp3) is 0.222. The van der Waals surface area contributed by atoms with Crippen molar-refractivity contribution in [2.24, 2.45) is 0 Å². The van der Waals surface area contributed by atoms with Gasteiger partial charge in [0.05, 0.1) is 6.61 Å². The first-order valence-corrected chi connectivity index (χ1v) is 6.52. The molecule has 19 heavy (non-hydrogen) atoms. The van der Waals surface area contributed by atoms with Gasteiger partial charge in [0.15, 0.2) is 0 Å². The molecule has 1 heteroatoms. The molecule has 0 aromatic heterocycles. The Hall–Kier alpha value is -1.86. The van der Waals surface area contributed by atoms with Crippen molar-refractivity contribution in [3.05, 3.63) is 83.9 Å². The summed E-state index contributed by atoms with van der Waals surface area (Å²) in [5, 5.41) is 0. The fourth-order valence-electron chi connectivity index (χ4n) is 2.01. The molecule has 2 aromatic carbocycles. The summed E-state index contributed by atoms with van der Waals surface area (Å²) in [4.78, 5) is 0. The van der Waals surface area contributed by atoms with Gasteiger partial charge in [-0.05, 0) is 30.5 Å². The topological polar surface area (TPSA) is 9.23 Å². The van der Waals surface area contributed by atoms with E-state index >= 15 is 0 Å². The molecule has 0 saturated carbocycles. The number of hydrogen-bond acceptors (Lipinski definition) is 1. The van der Waals surface area contributed by atoms with E-state index in [2.05, 4.69) is 37.8 Å². The van der Waals surface area contributed by atoms with Gasteiger partial charge in [-0.1, -0.05) is 67.2 Å². The molecule has 0 N–H and O–H groups in total. The van der Waals surface area contributed by atoms with Crippen LogP contribution in [0.4, 0.5) is 0 Å². The predicted molar refractivity (Wildman–Crippen MR) is 79.8 cm³/mol. The number of rotatable bonds is 5. The first-order chi connectivity index (χ1) is 9.13. The highest BCUT2D eigenvalue weighted by Crippen LogP contribution is 2.32. The molecule has 0 radical (unpaired) electrons. The molecular weight excluding hydrogens is 232 g/mol. The summed E-state index contributed by atoms with van der Waals surface area (Å²) in [6.45, 7) is 8.76. The van der Waals surface area contributed by atoms with E-state index in [0.29, 0.717) is 6.61 Å². The van der Waals surface area contributed by atoms with E-state index in [9.17, 15) is 0 Å². The molecule has 98 valence electrons. The average molecular weight is 252 g/mol. The van der Waals surface area contributed by atoms with E-state index in [4.69, 9.17) is 4.74 Å². The summed E-state index contributed by atoms with van der Waals surface area (Å²) in [5.41, 5.74) is 2.87. The van der Waals surface area contributed by atoms with Gasteiger partial charge in [0.2, 0.25) is 0 Å². The normalized spacial score (nSPS) is 13.8. The fourth-order valence-corrected chi connectivity index (χ4v) is 2.01. The molecule has 0 bridgehead atoms. The predicted octanol–water partition coefficient (Wildman–Crippen LogP) is 4.69. The molecule has 0 fully saturated rings. The molecule has 1 unspecified atom stereocenters. The van der Waals surface area contributed by atoms with Crippen LogP contribution in [0.2, 0.25) is 0 Å². The zero-order valence-electron chi connectivity index (χ0n) is 11.6. The molecular formula is C18H20O. The van der Waals surface area contributed by atoms with Crippen LogP contribution < -0.4 is 0 Å². The Morgan fingerprint density at radius 3 is 2.05 bits per heavy atom. The lowest BCUT2D eigenvalue weighted by Crippen LogP contribution is -2.26. The maximum Gasteiger partial charge on any atom is 0.111 e. The average Bonchev–Trinajstić information content (AvgIpc) is 2.46. The number of hydrogen-bond donors (Lipinski definition) is 0. The minimum Gasteiger partial charge on any atom is -0.362 e. The monoisotopic (exact) mass is 252 g/mol. The largest absolute Gasteiger partial charge is 0.362 e. The Kier molecular flexibility index (Phi) is 4.18. The van der Waals surface area contributed by atoms with Crippen molar-refractivity contribution in [2.45, 2.75) is 26.1 Å². The van der Waals surface area contributed by atoms with Crippen molar-refractivity contribution >= 4 is 0 Å². The Morgan fingerprint density at radius 1 is 1.00 bits per heavy atom. The summed E-state index contributed by atoms with van der Waals surface area (Å²) in [6.07, 6.45) is 0. The van der Waals surface area contributed by atoms with E-state index < -0.39 is 5.60 Å². The number of ether oxygens (including phenoxy) is 1. The minimum absolute atomic E-state index is 0.447. The van der Waals surface area contributed by atoms with Gasteiger partial charge >= 0.3 is 0 Å². The van der Waals surface area contributed by atoms with Crippen LogP contribution in [0.15, 0.2) is 72.8 Å². The van der Waals surface area contributed by atoms with Gasteiger partial charge in [-0.15, -0.1) is 0 Å². The van der Waals surface area contributed by atoms with Gasteiger partial charge in [-0.3, -0.25) is 0 Å². The van der Waals surface area contributed by atoms with E-state index in [1.165, 1.54) is 5.56 Å². The van der Waals surface area contributed by atoms with Gasteiger partial charge < -0.3 is 4.74 Å². The second-order valence-electron chi connectivity index (χ2n) is 4.95. The lowest BCUT2D eigenvalue weighted by molar-refractivity contribution is -0.0192. The first-order valence-electron chi connectivity index (χ1n) is 6.52. The molecule has 0 saturated heterocycles. The van der Waals surface area contributed by atoms with Gasteiger partial charge in [-0.25, -0.2) is 0 Å². The molecule has 2 rings (SSSR count). The number of benzene rings is 2. The van der Waals surface area contributed by atoms with Crippen LogP contribution in [0.1, 0.15) is 25.0 Å². The van der Waals surface area contributed by atoms with Crippen LogP contribution in [-0.4, -0.2) is 0 Å². The third-order valence-corrected chi connectivity index (χ3v) is 3.51. The Labute approximate surface area is 115 Å². The molecule has 0 aliphatic carbocycles. The Balaban J connectivity index is 2.19. The first kappa shape index (κ1) is 13.6. The molecule has 0 heterocycles.